The van der Waals surface area contributed by atoms with Crippen molar-refractivity contribution in [2.24, 2.45) is 0 Å². The highest BCUT2D eigenvalue weighted by atomic mass is 16.4. The second kappa shape index (κ2) is 5.95. The van der Waals surface area contributed by atoms with E-state index < -0.39 is 5.97 Å². The molecular weight excluding hydrogens is 202 g/mol. The fourth-order valence-corrected chi connectivity index (χ4v) is 1.62. The van der Waals surface area contributed by atoms with Gasteiger partial charge in [0, 0.05) is 18.0 Å². The van der Waals surface area contributed by atoms with Crippen LogP contribution < -0.4 is 5.32 Å². The Bertz CT molecular complexity index is 375. The van der Waals surface area contributed by atoms with Crippen LogP contribution in [0.4, 0.5) is 5.69 Å². The van der Waals surface area contributed by atoms with Crippen molar-refractivity contribution in [1.29, 1.82) is 0 Å². The maximum absolute atomic E-state index is 10.4. The number of hydrogen-bond donors (Lipinski definition) is 2. The number of aliphatic carboxylic acids is 1. The lowest BCUT2D eigenvalue weighted by atomic mass is 10.0. The van der Waals surface area contributed by atoms with Crippen molar-refractivity contribution >= 4 is 11.7 Å². The summed E-state index contributed by atoms with van der Waals surface area (Å²) in [7, 11) is 0. The third-order valence-electron chi connectivity index (χ3n) is 2.45. The lowest BCUT2D eigenvalue weighted by Gasteiger charge is -2.12. The maximum Gasteiger partial charge on any atom is 0.329 e. The maximum atomic E-state index is 10.4. The summed E-state index contributed by atoms with van der Waals surface area (Å²) in [5.41, 5.74) is 3.44. The molecule has 0 unspecified atom stereocenters. The molecule has 0 fully saturated rings. The number of carbonyl (C=O) groups is 1. The van der Waals surface area contributed by atoms with Crippen LogP contribution in [0.15, 0.2) is 30.5 Å². The molecule has 0 saturated heterocycles. The summed E-state index contributed by atoms with van der Waals surface area (Å²) in [5.74, 6) is -0.945. The van der Waals surface area contributed by atoms with E-state index in [1.807, 2.05) is 6.07 Å². The molecule has 0 atom stereocenters. The minimum absolute atomic E-state index is 0.928. The fraction of sp³-hybridized carbons (Fsp3) is 0.308. The van der Waals surface area contributed by atoms with E-state index in [4.69, 9.17) is 5.11 Å². The van der Waals surface area contributed by atoms with Crippen molar-refractivity contribution in [2.75, 3.05) is 5.32 Å². The zero-order chi connectivity index (χ0) is 12.0. The second-order valence-corrected chi connectivity index (χ2v) is 3.47. The summed E-state index contributed by atoms with van der Waals surface area (Å²) < 4.78 is 0. The van der Waals surface area contributed by atoms with Crippen LogP contribution in [0.1, 0.15) is 25.0 Å². The van der Waals surface area contributed by atoms with E-state index in [1.165, 1.54) is 17.3 Å². The van der Waals surface area contributed by atoms with E-state index in [9.17, 15) is 4.79 Å². The van der Waals surface area contributed by atoms with Gasteiger partial charge in [-0.25, -0.2) is 4.79 Å². The third kappa shape index (κ3) is 3.12. The molecule has 0 amide bonds. The van der Waals surface area contributed by atoms with Crippen molar-refractivity contribution in [3.8, 4) is 0 Å². The largest absolute Gasteiger partial charge is 0.478 e. The van der Waals surface area contributed by atoms with Crippen LogP contribution in [0.5, 0.6) is 0 Å². The molecule has 1 aromatic carbocycles. The number of benzene rings is 1. The van der Waals surface area contributed by atoms with Gasteiger partial charge in [0.25, 0.3) is 0 Å². The lowest BCUT2D eigenvalue weighted by molar-refractivity contribution is -0.131. The molecule has 2 N–H and O–H groups in total. The van der Waals surface area contributed by atoms with E-state index in [2.05, 4.69) is 31.3 Å². The lowest BCUT2D eigenvalue weighted by Crippen LogP contribution is -1.99. The quantitative estimate of drug-likeness (QED) is 0.749. The average Bonchev–Trinajstić information content (AvgIpc) is 2.28. The molecule has 1 rings (SSSR count). The number of anilines is 1. The molecule has 0 spiro atoms. The minimum atomic E-state index is -0.945. The first-order chi connectivity index (χ1) is 7.69. The number of carboxylic acid groups (broad SMARTS) is 1. The first kappa shape index (κ1) is 12.3. The van der Waals surface area contributed by atoms with Crippen LogP contribution in [-0.4, -0.2) is 11.1 Å². The molecule has 0 aliphatic carbocycles. The molecule has 0 bridgehead atoms. The van der Waals surface area contributed by atoms with Crippen LogP contribution in [0.2, 0.25) is 0 Å². The van der Waals surface area contributed by atoms with E-state index in [0.29, 0.717) is 0 Å². The van der Waals surface area contributed by atoms with Gasteiger partial charge in [0.1, 0.15) is 0 Å². The molecule has 3 heteroatoms. The monoisotopic (exact) mass is 219 g/mol. The van der Waals surface area contributed by atoms with Crippen LogP contribution in [0.25, 0.3) is 0 Å². The van der Waals surface area contributed by atoms with Crippen molar-refractivity contribution in [3.05, 3.63) is 41.6 Å². The highest BCUT2D eigenvalue weighted by Crippen LogP contribution is 2.22. The first-order valence-corrected chi connectivity index (χ1v) is 5.45. The van der Waals surface area contributed by atoms with E-state index in [1.54, 1.807) is 0 Å². The van der Waals surface area contributed by atoms with Crippen LogP contribution in [-0.2, 0) is 17.6 Å². The molecule has 0 radical (unpaired) electrons. The smallest absolute Gasteiger partial charge is 0.329 e. The van der Waals surface area contributed by atoms with Crippen LogP contribution in [0, 0.1) is 0 Å². The number of rotatable bonds is 5. The van der Waals surface area contributed by atoms with Crippen molar-refractivity contribution in [2.45, 2.75) is 26.7 Å². The van der Waals surface area contributed by atoms with E-state index >= 15 is 0 Å². The number of nitrogens with one attached hydrogen (secondary N) is 1. The van der Waals surface area contributed by atoms with Gasteiger partial charge in [-0.2, -0.15) is 0 Å². The molecule has 0 heterocycles. The zero-order valence-electron chi connectivity index (χ0n) is 9.66. The molecule has 1 aromatic rings. The van der Waals surface area contributed by atoms with Gasteiger partial charge < -0.3 is 10.4 Å². The Labute approximate surface area is 95.8 Å². The summed E-state index contributed by atoms with van der Waals surface area (Å²) in [6.45, 7) is 4.17. The van der Waals surface area contributed by atoms with Gasteiger partial charge in [-0.15, -0.1) is 0 Å². The van der Waals surface area contributed by atoms with Gasteiger partial charge >= 0.3 is 5.97 Å². The first-order valence-electron chi connectivity index (χ1n) is 5.45. The molecule has 16 heavy (non-hydrogen) atoms. The van der Waals surface area contributed by atoms with Crippen LogP contribution in [0.3, 0.4) is 0 Å². The predicted octanol–water partition coefficient (Wildman–Crippen LogP) is 2.82. The molecule has 0 aliphatic rings. The number of aryl methyl sites for hydroxylation is 2. The Hall–Kier alpha value is -1.77. The van der Waals surface area contributed by atoms with Gasteiger partial charge in [0.2, 0.25) is 0 Å². The Morgan fingerprint density at radius 2 is 1.88 bits per heavy atom. The third-order valence-corrected chi connectivity index (χ3v) is 2.45. The topological polar surface area (TPSA) is 49.3 Å². The summed E-state index contributed by atoms with van der Waals surface area (Å²) in [5, 5.41) is 11.6. The molecule has 86 valence electrons. The Kier molecular flexibility index (Phi) is 4.58. The summed E-state index contributed by atoms with van der Waals surface area (Å²) in [6, 6.07) is 6.13. The van der Waals surface area contributed by atoms with Gasteiger partial charge in [-0.3, -0.25) is 0 Å². The second-order valence-electron chi connectivity index (χ2n) is 3.47. The zero-order valence-corrected chi connectivity index (χ0v) is 9.66. The fourth-order valence-electron chi connectivity index (χ4n) is 1.62. The van der Waals surface area contributed by atoms with Gasteiger partial charge in [0.15, 0.2) is 0 Å². The highest BCUT2D eigenvalue weighted by molar-refractivity contribution is 5.80. The van der Waals surface area contributed by atoms with Crippen molar-refractivity contribution in [1.82, 2.24) is 0 Å². The predicted molar refractivity (Wildman–Crippen MR) is 65.6 cm³/mol. The number of para-hydroxylation sites is 1. The van der Waals surface area contributed by atoms with Crippen LogP contribution >= 0.6 is 0 Å². The molecule has 0 saturated carbocycles. The Morgan fingerprint density at radius 1 is 1.31 bits per heavy atom. The molecule has 3 nitrogen and oxygen atoms in total. The Morgan fingerprint density at radius 3 is 2.31 bits per heavy atom. The summed E-state index contributed by atoms with van der Waals surface area (Å²) in [4.78, 5) is 10.4. The highest BCUT2D eigenvalue weighted by Gasteiger charge is 2.03. The number of hydrogen-bond acceptors (Lipinski definition) is 2. The van der Waals surface area contributed by atoms with E-state index in [0.717, 1.165) is 24.6 Å². The molecular formula is C13H17NO2. The standard InChI is InChI=1S/C13H17NO2/c1-3-10-6-5-7-11(4-2)13(10)14-9-8-12(15)16/h5-9,14H,3-4H2,1-2H3,(H,15,16)/b9-8+. The average molecular weight is 219 g/mol. The summed E-state index contributed by atoms with van der Waals surface area (Å²) in [6.07, 6.45) is 4.43. The van der Waals surface area contributed by atoms with Crippen molar-refractivity contribution < 1.29 is 9.90 Å². The molecule has 0 aliphatic heterocycles. The van der Waals surface area contributed by atoms with Gasteiger partial charge in [-0.1, -0.05) is 32.0 Å². The van der Waals surface area contributed by atoms with Gasteiger partial charge in [0.05, 0.1) is 0 Å². The van der Waals surface area contributed by atoms with E-state index in [-0.39, 0.29) is 0 Å². The van der Waals surface area contributed by atoms with Gasteiger partial charge in [-0.05, 0) is 24.0 Å². The number of carboxylic acids is 1. The normalized spacial score (nSPS) is 10.6. The Balaban J connectivity index is 2.95. The summed E-state index contributed by atoms with van der Waals surface area (Å²) >= 11 is 0. The SMILES string of the molecule is CCc1cccc(CC)c1N/C=C/C(=O)O. The molecule has 0 aromatic heterocycles. The minimum Gasteiger partial charge on any atom is -0.478 e. The van der Waals surface area contributed by atoms with Crippen molar-refractivity contribution in [3.63, 3.8) is 0 Å².